The van der Waals surface area contributed by atoms with Crippen LogP contribution in [0.4, 0.5) is 0 Å². The SMILES string of the molecule is Cc1ncsc1CCC(=O)N1CCOc2ccc(Cl)cc2C1. The molecule has 22 heavy (non-hydrogen) atoms. The van der Waals surface area contributed by atoms with Gasteiger partial charge >= 0.3 is 0 Å². The van der Waals surface area contributed by atoms with Crippen LogP contribution in [0, 0.1) is 6.92 Å². The van der Waals surface area contributed by atoms with Crippen LogP contribution >= 0.6 is 22.9 Å². The summed E-state index contributed by atoms with van der Waals surface area (Å²) in [6.45, 7) is 3.65. The predicted molar refractivity (Wildman–Crippen MR) is 87.5 cm³/mol. The van der Waals surface area contributed by atoms with E-state index in [4.69, 9.17) is 16.3 Å². The summed E-state index contributed by atoms with van der Waals surface area (Å²) in [5.74, 6) is 0.960. The second-order valence-electron chi connectivity index (χ2n) is 5.28. The third-order valence-corrected chi connectivity index (χ3v) is 5.00. The van der Waals surface area contributed by atoms with Crippen LogP contribution in [0.15, 0.2) is 23.7 Å². The van der Waals surface area contributed by atoms with Gasteiger partial charge in [-0.1, -0.05) is 11.6 Å². The largest absolute Gasteiger partial charge is 0.491 e. The zero-order valence-electron chi connectivity index (χ0n) is 12.3. The number of fused-ring (bicyclic) bond motifs is 1. The van der Waals surface area contributed by atoms with Gasteiger partial charge in [0.2, 0.25) is 5.91 Å². The Bertz CT molecular complexity index is 687. The van der Waals surface area contributed by atoms with E-state index in [2.05, 4.69) is 4.98 Å². The summed E-state index contributed by atoms with van der Waals surface area (Å²) in [6.07, 6.45) is 1.24. The number of nitrogens with zero attached hydrogens (tertiary/aromatic N) is 2. The number of benzene rings is 1. The van der Waals surface area contributed by atoms with Gasteiger partial charge in [-0.15, -0.1) is 11.3 Å². The molecular weight excluding hydrogens is 320 g/mol. The molecule has 0 atom stereocenters. The third kappa shape index (κ3) is 3.42. The first-order valence-corrected chi connectivity index (χ1v) is 8.47. The number of aromatic nitrogens is 1. The molecule has 3 rings (SSSR count). The lowest BCUT2D eigenvalue weighted by atomic mass is 10.1. The first-order chi connectivity index (χ1) is 10.6. The normalized spacial score (nSPS) is 14.2. The van der Waals surface area contributed by atoms with E-state index in [0.717, 1.165) is 23.4 Å². The highest BCUT2D eigenvalue weighted by atomic mass is 35.5. The highest BCUT2D eigenvalue weighted by Gasteiger charge is 2.20. The monoisotopic (exact) mass is 336 g/mol. The molecule has 0 saturated heterocycles. The Morgan fingerprint density at radius 3 is 3.14 bits per heavy atom. The Morgan fingerprint density at radius 2 is 2.36 bits per heavy atom. The molecule has 4 nitrogen and oxygen atoms in total. The molecule has 2 heterocycles. The van der Waals surface area contributed by atoms with Crippen LogP contribution in [0.3, 0.4) is 0 Å². The van der Waals surface area contributed by atoms with E-state index in [9.17, 15) is 4.79 Å². The minimum Gasteiger partial charge on any atom is -0.491 e. The van der Waals surface area contributed by atoms with E-state index in [1.807, 2.05) is 35.5 Å². The van der Waals surface area contributed by atoms with Crippen molar-refractivity contribution >= 4 is 28.8 Å². The van der Waals surface area contributed by atoms with Crippen molar-refractivity contribution in [2.75, 3.05) is 13.2 Å². The number of rotatable bonds is 3. The maximum absolute atomic E-state index is 12.5. The van der Waals surface area contributed by atoms with E-state index >= 15 is 0 Å². The average molecular weight is 337 g/mol. The summed E-state index contributed by atoms with van der Waals surface area (Å²) in [5, 5.41) is 0.664. The van der Waals surface area contributed by atoms with Gasteiger partial charge in [-0.2, -0.15) is 0 Å². The zero-order chi connectivity index (χ0) is 15.5. The van der Waals surface area contributed by atoms with E-state index in [1.165, 1.54) is 4.88 Å². The summed E-state index contributed by atoms with van der Waals surface area (Å²) in [7, 11) is 0. The van der Waals surface area contributed by atoms with Gasteiger partial charge in [-0.25, -0.2) is 4.98 Å². The molecule has 6 heteroatoms. The van der Waals surface area contributed by atoms with Gasteiger partial charge in [0.15, 0.2) is 0 Å². The second kappa shape index (κ2) is 6.67. The average Bonchev–Trinajstić information content (AvgIpc) is 2.79. The molecule has 0 saturated carbocycles. The van der Waals surface area contributed by atoms with Gasteiger partial charge in [0.25, 0.3) is 0 Å². The standard InChI is InChI=1S/C16H17ClN2O2S/c1-11-15(22-10-18-11)4-5-16(20)19-6-7-21-14-3-2-13(17)8-12(14)9-19/h2-3,8,10H,4-7,9H2,1H3. The first kappa shape index (κ1) is 15.3. The summed E-state index contributed by atoms with van der Waals surface area (Å²) >= 11 is 7.65. The maximum Gasteiger partial charge on any atom is 0.223 e. The minimum absolute atomic E-state index is 0.143. The number of thiazole rings is 1. The number of hydrogen-bond donors (Lipinski definition) is 0. The van der Waals surface area contributed by atoms with Gasteiger partial charge < -0.3 is 9.64 Å². The summed E-state index contributed by atoms with van der Waals surface area (Å²) in [4.78, 5) is 19.7. The number of aryl methyl sites for hydroxylation is 2. The van der Waals surface area contributed by atoms with Crippen LogP contribution in [-0.2, 0) is 17.8 Å². The fraction of sp³-hybridized carbons (Fsp3) is 0.375. The molecule has 2 aromatic rings. The van der Waals surface area contributed by atoms with Crippen LogP contribution in [-0.4, -0.2) is 28.9 Å². The van der Waals surface area contributed by atoms with Crippen molar-refractivity contribution < 1.29 is 9.53 Å². The van der Waals surface area contributed by atoms with Crippen molar-refractivity contribution in [2.45, 2.75) is 26.3 Å². The van der Waals surface area contributed by atoms with Gasteiger partial charge in [0.05, 0.1) is 17.7 Å². The summed E-state index contributed by atoms with van der Waals surface area (Å²) in [6, 6.07) is 5.55. The van der Waals surface area contributed by atoms with Crippen LogP contribution < -0.4 is 4.74 Å². The van der Waals surface area contributed by atoms with Crippen LogP contribution in [0.25, 0.3) is 0 Å². The van der Waals surface area contributed by atoms with E-state index in [-0.39, 0.29) is 5.91 Å². The van der Waals surface area contributed by atoms with Gasteiger partial charge in [-0.3, -0.25) is 4.79 Å². The van der Waals surface area contributed by atoms with E-state index in [0.29, 0.717) is 31.1 Å². The molecule has 0 unspecified atom stereocenters. The Hall–Kier alpha value is -1.59. The van der Waals surface area contributed by atoms with Crippen LogP contribution in [0.5, 0.6) is 5.75 Å². The minimum atomic E-state index is 0.143. The van der Waals surface area contributed by atoms with Crippen LogP contribution in [0.2, 0.25) is 5.02 Å². The van der Waals surface area contributed by atoms with Crippen molar-refractivity contribution in [1.82, 2.24) is 9.88 Å². The van der Waals surface area contributed by atoms with E-state index in [1.54, 1.807) is 11.3 Å². The van der Waals surface area contributed by atoms with Crippen molar-refractivity contribution in [3.63, 3.8) is 0 Å². The number of carbonyl (C=O) groups excluding carboxylic acids is 1. The predicted octanol–water partition coefficient (Wildman–Crippen LogP) is 3.46. The molecule has 116 valence electrons. The molecule has 1 aromatic carbocycles. The smallest absolute Gasteiger partial charge is 0.223 e. The Balaban J connectivity index is 1.66. The maximum atomic E-state index is 12.5. The lowest BCUT2D eigenvalue weighted by molar-refractivity contribution is -0.131. The van der Waals surface area contributed by atoms with Crippen molar-refractivity contribution in [3.05, 3.63) is 44.9 Å². The fourth-order valence-electron chi connectivity index (χ4n) is 2.52. The van der Waals surface area contributed by atoms with Crippen LogP contribution in [0.1, 0.15) is 22.6 Å². The first-order valence-electron chi connectivity index (χ1n) is 7.21. The molecule has 1 aliphatic rings. The quantitative estimate of drug-likeness (QED) is 0.862. The Kier molecular flexibility index (Phi) is 4.64. The molecule has 0 N–H and O–H groups in total. The van der Waals surface area contributed by atoms with Gasteiger partial charge in [0.1, 0.15) is 12.4 Å². The molecular formula is C16H17ClN2O2S. The highest BCUT2D eigenvalue weighted by molar-refractivity contribution is 7.09. The molecule has 0 bridgehead atoms. The Labute approximate surface area is 138 Å². The van der Waals surface area contributed by atoms with E-state index < -0.39 is 0 Å². The van der Waals surface area contributed by atoms with Gasteiger partial charge in [0, 0.05) is 28.4 Å². The van der Waals surface area contributed by atoms with Gasteiger partial charge in [-0.05, 0) is 31.5 Å². The van der Waals surface area contributed by atoms with Crippen molar-refractivity contribution in [1.29, 1.82) is 0 Å². The zero-order valence-corrected chi connectivity index (χ0v) is 13.9. The van der Waals surface area contributed by atoms with Crippen molar-refractivity contribution in [2.24, 2.45) is 0 Å². The lowest BCUT2D eigenvalue weighted by Crippen LogP contribution is -2.32. The summed E-state index contributed by atoms with van der Waals surface area (Å²) < 4.78 is 5.69. The summed E-state index contributed by atoms with van der Waals surface area (Å²) in [5.41, 5.74) is 3.81. The fourth-order valence-corrected chi connectivity index (χ4v) is 3.50. The Morgan fingerprint density at radius 1 is 1.50 bits per heavy atom. The second-order valence-corrected chi connectivity index (χ2v) is 6.65. The molecule has 1 amide bonds. The molecule has 0 aliphatic carbocycles. The number of amides is 1. The third-order valence-electron chi connectivity index (χ3n) is 3.77. The highest BCUT2D eigenvalue weighted by Crippen LogP contribution is 2.26. The molecule has 1 aromatic heterocycles. The molecule has 0 fully saturated rings. The number of ether oxygens (including phenoxy) is 1. The number of carbonyl (C=O) groups is 1. The van der Waals surface area contributed by atoms with Crippen molar-refractivity contribution in [3.8, 4) is 5.75 Å². The molecule has 1 aliphatic heterocycles. The lowest BCUT2D eigenvalue weighted by Gasteiger charge is -2.19. The molecule has 0 spiro atoms. The topological polar surface area (TPSA) is 42.4 Å². The number of hydrogen-bond acceptors (Lipinski definition) is 4. The molecule has 0 radical (unpaired) electrons. The number of halogens is 1.